The maximum absolute atomic E-state index is 11.7. The van der Waals surface area contributed by atoms with E-state index in [1.807, 2.05) is 31.2 Å². The summed E-state index contributed by atoms with van der Waals surface area (Å²) in [5, 5.41) is 8.82. The number of ether oxygens (including phenoxy) is 1. The van der Waals surface area contributed by atoms with E-state index in [0.717, 1.165) is 24.3 Å². The number of carbonyl (C=O) groups is 1. The van der Waals surface area contributed by atoms with E-state index < -0.39 is 0 Å². The maximum Gasteiger partial charge on any atom is 0.319 e. The minimum Gasteiger partial charge on any atom is -0.374 e. The van der Waals surface area contributed by atoms with Crippen LogP contribution in [-0.2, 0) is 4.74 Å². The van der Waals surface area contributed by atoms with Gasteiger partial charge in [0, 0.05) is 25.3 Å². The Balaban J connectivity index is 1.74. The molecule has 1 aromatic rings. The van der Waals surface area contributed by atoms with Crippen molar-refractivity contribution in [1.82, 2.24) is 10.6 Å². The van der Waals surface area contributed by atoms with Crippen LogP contribution in [0.4, 0.5) is 10.5 Å². The van der Waals surface area contributed by atoms with Crippen molar-refractivity contribution in [3.05, 3.63) is 29.8 Å². The van der Waals surface area contributed by atoms with Crippen LogP contribution in [0.3, 0.4) is 0 Å². The normalized spacial score (nSPS) is 19.3. The maximum atomic E-state index is 11.7. The fraction of sp³-hybridized carbons (Fsp3) is 0.462. The van der Waals surface area contributed by atoms with E-state index in [9.17, 15) is 4.79 Å². The van der Waals surface area contributed by atoms with Gasteiger partial charge in [0.1, 0.15) is 0 Å². The summed E-state index contributed by atoms with van der Waals surface area (Å²) >= 11 is 0. The number of anilines is 1. The summed E-state index contributed by atoms with van der Waals surface area (Å²) < 4.78 is 5.49. The van der Waals surface area contributed by atoms with Crippen molar-refractivity contribution >= 4 is 11.7 Å². The third-order valence-corrected chi connectivity index (χ3v) is 2.77. The van der Waals surface area contributed by atoms with E-state index in [0.29, 0.717) is 13.2 Å². The minimum absolute atomic E-state index is 0.0574. The largest absolute Gasteiger partial charge is 0.374 e. The molecule has 1 saturated heterocycles. The van der Waals surface area contributed by atoms with Crippen LogP contribution in [0, 0.1) is 6.92 Å². The predicted octanol–water partition coefficient (Wildman–Crippen LogP) is 1.10. The van der Waals surface area contributed by atoms with Gasteiger partial charge in [-0.15, -0.1) is 0 Å². The smallest absolute Gasteiger partial charge is 0.319 e. The van der Waals surface area contributed by atoms with E-state index in [-0.39, 0.29) is 12.1 Å². The number of morpholine rings is 1. The Labute approximate surface area is 107 Å². The Morgan fingerprint density at radius 1 is 1.56 bits per heavy atom. The molecule has 5 nitrogen and oxygen atoms in total. The summed E-state index contributed by atoms with van der Waals surface area (Å²) in [6, 6.07) is 7.50. The molecule has 3 N–H and O–H groups in total. The molecule has 0 aromatic heterocycles. The first-order valence-corrected chi connectivity index (χ1v) is 6.18. The van der Waals surface area contributed by atoms with Crippen LogP contribution < -0.4 is 16.0 Å². The lowest BCUT2D eigenvalue weighted by atomic mass is 10.2. The van der Waals surface area contributed by atoms with Gasteiger partial charge < -0.3 is 20.7 Å². The number of carbonyl (C=O) groups excluding carboxylic acids is 1. The minimum atomic E-state index is -0.199. The van der Waals surface area contributed by atoms with Crippen molar-refractivity contribution in [2.45, 2.75) is 13.0 Å². The molecule has 0 aliphatic carbocycles. The number of benzene rings is 1. The molecule has 1 unspecified atom stereocenters. The second-order valence-corrected chi connectivity index (χ2v) is 4.40. The highest BCUT2D eigenvalue weighted by Gasteiger charge is 2.13. The van der Waals surface area contributed by atoms with Gasteiger partial charge in [0.25, 0.3) is 0 Å². The highest BCUT2D eigenvalue weighted by atomic mass is 16.5. The first-order valence-electron chi connectivity index (χ1n) is 6.18. The van der Waals surface area contributed by atoms with Crippen LogP contribution in [0.25, 0.3) is 0 Å². The number of aryl methyl sites for hydroxylation is 1. The van der Waals surface area contributed by atoms with Gasteiger partial charge in [0.15, 0.2) is 0 Å². The summed E-state index contributed by atoms with van der Waals surface area (Å²) in [6.07, 6.45) is 0.0574. The summed E-state index contributed by atoms with van der Waals surface area (Å²) in [7, 11) is 0. The summed E-state index contributed by atoms with van der Waals surface area (Å²) in [6.45, 7) is 4.87. The third kappa shape index (κ3) is 4.01. The average Bonchev–Trinajstić information content (AvgIpc) is 2.38. The zero-order valence-electron chi connectivity index (χ0n) is 10.5. The highest BCUT2D eigenvalue weighted by Crippen LogP contribution is 2.08. The number of amides is 2. The van der Waals surface area contributed by atoms with Gasteiger partial charge in [-0.05, 0) is 24.6 Å². The molecular formula is C13H19N3O2. The number of hydrogen-bond donors (Lipinski definition) is 3. The summed E-state index contributed by atoms with van der Waals surface area (Å²) in [5.74, 6) is 0. The lowest BCUT2D eigenvalue weighted by Gasteiger charge is -2.23. The topological polar surface area (TPSA) is 62.4 Å². The summed E-state index contributed by atoms with van der Waals surface area (Å²) in [4.78, 5) is 11.7. The van der Waals surface area contributed by atoms with E-state index in [2.05, 4.69) is 16.0 Å². The lowest BCUT2D eigenvalue weighted by molar-refractivity contribution is 0.0310. The molecule has 0 saturated carbocycles. The number of hydrogen-bond acceptors (Lipinski definition) is 3. The molecule has 0 spiro atoms. The van der Waals surface area contributed by atoms with Crippen molar-refractivity contribution in [1.29, 1.82) is 0 Å². The molecule has 2 amide bonds. The van der Waals surface area contributed by atoms with Crippen molar-refractivity contribution in [3.8, 4) is 0 Å². The Kier molecular flexibility index (Phi) is 4.55. The van der Waals surface area contributed by atoms with Crippen molar-refractivity contribution in [2.24, 2.45) is 0 Å². The molecule has 1 aliphatic heterocycles. The van der Waals surface area contributed by atoms with Gasteiger partial charge in [-0.3, -0.25) is 0 Å². The molecule has 5 heteroatoms. The monoisotopic (exact) mass is 249 g/mol. The van der Waals surface area contributed by atoms with Gasteiger partial charge >= 0.3 is 6.03 Å². The molecular weight excluding hydrogens is 230 g/mol. The molecule has 18 heavy (non-hydrogen) atoms. The van der Waals surface area contributed by atoms with Gasteiger partial charge in [0.2, 0.25) is 0 Å². The second-order valence-electron chi connectivity index (χ2n) is 4.40. The fourth-order valence-electron chi connectivity index (χ4n) is 1.86. The lowest BCUT2D eigenvalue weighted by Crippen LogP contribution is -2.45. The molecule has 1 atom stereocenters. The van der Waals surface area contributed by atoms with Crippen molar-refractivity contribution in [3.63, 3.8) is 0 Å². The van der Waals surface area contributed by atoms with Crippen LogP contribution in [0.15, 0.2) is 24.3 Å². The van der Waals surface area contributed by atoms with E-state index >= 15 is 0 Å². The first-order chi connectivity index (χ1) is 8.74. The van der Waals surface area contributed by atoms with E-state index in [4.69, 9.17) is 4.74 Å². The molecule has 1 aliphatic rings. The molecule has 1 aromatic carbocycles. The van der Waals surface area contributed by atoms with Gasteiger partial charge in [-0.25, -0.2) is 4.79 Å². The fourth-order valence-corrected chi connectivity index (χ4v) is 1.86. The number of nitrogens with one attached hydrogen (secondary N) is 3. The SMILES string of the molecule is Cc1cccc(NC(=O)NCC2CNCCO2)c1. The number of rotatable bonds is 3. The standard InChI is InChI=1S/C13H19N3O2/c1-10-3-2-4-11(7-10)16-13(17)15-9-12-8-14-5-6-18-12/h2-4,7,12,14H,5-6,8-9H2,1H3,(H2,15,16,17). The highest BCUT2D eigenvalue weighted by molar-refractivity contribution is 5.89. The molecule has 98 valence electrons. The van der Waals surface area contributed by atoms with E-state index in [1.54, 1.807) is 0 Å². The van der Waals surface area contributed by atoms with Gasteiger partial charge in [-0.2, -0.15) is 0 Å². The average molecular weight is 249 g/mol. The Bertz CT molecular complexity index is 403. The molecule has 1 heterocycles. The Hall–Kier alpha value is -1.59. The number of urea groups is 1. The Morgan fingerprint density at radius 3 is 3.17 bits per heavy atom. The van der Waals surface area contributed by atoms with Crippen LogP contribution in [-0.4, -0.2) is 38.4 Å². The van der Waals surface area contributed by atoms with Gasteiger partial charge in [-0.1, -0.05) is 12.1 Å². The van der Waals surface area contributed by atoms with Crippen LogP contribution in [0.5, 0.6) is 0 Å². The summed E-state index contributed by atoms with van der Waals surface area (Å²) in [5.41, 5.74) is 1.92. The Morgan fingerprint density at radius 2 is 2.44 bits per heavy atom. The second kappa shape index (κ2) is 6.37. The third-order valence-electron chi connectivity index (χ3n) is 2.77. The zero-order chi connectivity index (χ0) is 12.8. The molecule has 2 rings (SSSR count). The van der Waals surface area contributed by atoms with E-state index in [1.165, 1.54) is 0 Å². The van der Waals surface area contributed by atoms with Crippen molar-refractivity contribution in [2.75, 3.05) is 31.6 Å². The first kappa shape index (κ1) is 12.9. The molecule has 0 radical (unpaired) electrons. The molecule has 1 fully saturated rings. The van der Waals surface area contributed by atoms with Gasteiger partial charge in [0.05, 0.1) is 12.7 Å². The van der Waals surface area contributed by atoms with Crippen molar-refractivity contribution < 1.29 is 9.53 Å². The van der Waals surface area contributed by atoms with Crippen LogP contribution in [0.1, 0.15) is 5.56 Å². The van der Waals surface area contributed by atoms with Crippen LogP contribution in [0.2, 0.25) is 0 Å². The van der Waals surface area contributed by atoms with Crippen LogP contribution >= 0.6 is 0 Å². The quantitative estimate of drug-likeness (QED) is 0.752. The molecule has 0 bridgehead atoms. The zero-order valence-corrected chi connectivity index (χ0v) is 10.5. The predicted molar refractivity (Wildman–Crippen MR) is 70.8 cm³/mol.